The monoisotopic (exact) mass is 349 g/mol. The number of rotatable bonds is 9. The third kappa shape index (κ3) is 6.66. The summed E-state index contributed by atoms with van der Waals surface area (Å²) < 4.78 is 5.68. The van der Waals surface area contributed by atoms with Crippen LogP contribution in [0.2, 0.25) is 0 Å². The van der Waals surface area contributed by atoms with E-state index in [-0.39, 0.29) is 22.9 Å². The van der Waals surface area contributed by atoms with Crippen LogP contribution in [-0.2, 0) is 14.3 Å². The van der Waals surface area contributed by atoms with Crippen LogP contribution in [0.5, 0.6) is 0 Å². The molecule has 1 aromatic heterocycles. The Morgan fingerprint density at radius 1 is 1.33 bits per heavy atom. The molecule has 1 rings (SSSR count). The van der Waals surface area contributed by atoms with Gasteiger partial charge in [-0.05, 0) is 19.1 Å². The molecule has 6 nitrogen and oxygen atoms in total. The molecule has 0 spiro atoms. The second kappa shape index (κ2) is 10.0. The summed E-state index contributed by atoms with van der Waals surface area (Å²) in [6, 6.07) is 0. The van der Waals surface area contributed by atoms with E-state index in [4.69, 9.17) is 4.74 Å². The van der Waals surface area contributed by atoms with Gasteiger partial charge in [0, 0.05) is 0 Å². The number of ether oxygens (including phenoxy) is 1. The van der Waals surface area contributed by atoms with Gasteiger partial charge in [-0.1, -0.05) is 36.9 Å². The van der Waals surface area contributed by atoms with Gasteiger partial charge >= 0.3 is 5.97 Å². The average molecular weight is 350 g/mol. The van der Waals surface area contributed by atoms with Crippen LogP contribution in [0.3, 0.4) is 0 Å². The van der Waals surface area contributed by atoms with Crippen LogP contribution < -0.4 is 5.32 Å². The van der Waals surface area contributed by atoms with Crippen LogP contribution in [0, 0.1) is 0 Å². The molecule has 1 heterocycles. The van der Waals surface area contributed by atoms with E-state index >= 15 is 0 Å². The predicted octanol–water partition coefficient (Wildman–Crippen LogP) is 2.66. The summed E-state index contributed by atoms with van der Waals surface area (Å²) in [5.74, 6) is 0.629. The van der Waals surface area contributed by atoms with Crippen LogP contribution in [0.15, 0.2) is 4.34 Å². The van der Waals surface area contributed by atoms with Crippen molar-refractivity contribution in [2.24, 2.45) is 0 Å². The second-order valence-electron chi connectivity index (χ2n) is 3.81. The van der Waals surface area contributed by atoms with Crippen molar-refractivity contribution in [2.45, 2.75) is 36.8 Å². The van der Waals surface area contributed by atoms with Gasteiger partial charge in [-0.3, -0.25) is 14.9 Å². The molecule has 0 aliphatic heterocycles. The number of carbonyl (C=O) groups excluding carboxylic acids is 2. The summed E-state index contributed by atoms with van der Waals surface area (Å²) in [6.07, 6.45) is 0.630. The van der Waals surface area contributed by atoms with Crippen LogP contribution in [-0.4, -0.2) is 45.4 Å². The Kier molecular flexibility index (Phi) is 8.70. The number of nitrogens with zero attached hydrogens (tertiary/aromatic N) is 2. The highest BCUT2D eigenvalue weighted by Crippen LogP contribution is 2.26. The quantitative estimate of drug-likeness (QED) is 0.417. The third-order valence-corrected chi connectivity index (χ3v) is 5.48. The molecular weight excluding hydrogens is 330 g/mol. The van der Waals surface area contributed by atoms with Gasteiger partial charge in [0.2, 0.25) is 11.0 Å². The Labute approximate surface area is 136 Å². The Balaban J connectivity index is 2.48. The number of nitrogens with one attached hydrogen (secondary N) is 1. The third-order valence-electron chi connectivity index (χ3n) is 2.28. The SMILES string of the molecule is CCOC(=O)CSC(CC)C(=O)Nc1nnc(SCC)s1. The maximum absolute atomic E-state index is 12.1. The van der Waals surface area contributed by atoms with Crippen LogP contribution >= 0.6 is 34.9 Å². The first-order valence-corrected chi connectivity index (χ1v) is 9.50. The molecule has 1 atom stereocenters. The fraction of sp³-hybridized carbons (Fsp3) is 0.667. The topological polar surface area (TPSA) is 81.2 Å². The van der Waals surface area contributed by atoms with Gasteiger partial charge < -0.3 is 4.74 Å². The van der Waals surface area contributed by atoms with Crippen molar-refractivity contribution in [2.75, 3.05) is 23.4 Å². The van der Waals surface area contributed by atoms with Crippen molar-refractivity contribution in [3.05, 3.63) is 0 Å². The van der Waals surface area contributed by atoms with Gasteiger partial charge in [0.05, 0.1) is 17.6 Å². The standard InChI is InChI=1S/C12H19N3O3S3/c1-4-8(20-7-9(16)18-5-2)10(17)13-11-14-15-12(21-11)19-6-3/h8H,4-7H2,1-3H3,(H,13,14,17). The van der Waals surface area contributed by atoms with E-state index in [0.29, 0.717) is 18.2 Å². The molecule has 0 saturated carbocycles. The molecule has 0 fully saturated rings. The van der Waals surface area contributed by atoms with E-state index < -0.39 is 0 Å². The largest absolute Gasteiger partial charge is 0.465 e. The van der Waals surface area contributed by atoms with Gasteiger partial charge in [-0.2, -0.15) is 0 Å². The highest BCUT2D eigenvalue weighted by atomic mass is 32.2. The fourth-order valence-corrected chi connectivity index (χ4v) is 3.90. The number of amides is 1. The lowest BCUT2D eigenvalue weighted by Crippen LogP contribution is -2.26. The van der Waals surface area contributed by atoms with Crippen molar-refractivity contribution >= 4 is 51.9 Å². The molecule has 1 aromatic rings. The summed E-state index contributed by atoms with van der Waals surface area (Å²) in [7, 11) is 0. The lowest BCUT2D eigenvalue weighted by Gasteiger charge is -2.12. The van der Waals surface area contributed by atoms with E-state index in [1.165, 1.54) is 23.1 Å². The Morgan fingerprint density at radius 3 is 2.71 bits per heavy atom. The maximum atomic E-state index is 12.1. The van der Waals surface area contributed by atoms with Crippen LogP contribution in [0.4, 0.5) is 5.13 Å². The molecule has 0 bridgehead atoms. The van der Waals surface area contributed by atoms with Crippen molar-refractivity contribution in [1.82, 2.24) is 10.2 Å². The molecule has 0 aliphatic carbocycles. The number of esters is 1. The summed E-state index contributed by atoms with van der Waals surface area (Å²) in [5, 5.41) is 10.8. The van der Waals surface area contributed by atoms with Crippen LogP contribution in [0.25, 0.3) is 0 Å². The summed E-state index contributed by atoms with van der Waals surface area (Å²) >= 11 is 4.22. The smallest absolute Gasteiger partial charge is 0.315 e. The number of hydrogen-bond donors (Lipinski definition) is 1. The fourth-order valence-electron chi connectivity index (χ4n) is 1.38. The molecule has 0 saturated heterocycles. The number of hydrogen-bond acceptors (Lipinski definition) is 8. The first-order valence-electron chi connectivity index (χ1n) is 6.65. The van der Waals surface area contributed by atoms with E-state index in [0.717, 1.165) is 10.1 Å². The van der Waals surface area contributed by atoms with Gasteiger partial charge in [0.15, 0.2) is 4.34 Å². The number of anilines is 1. The lowest BCUT2D eigenvalue weighted by atomic mass is 10.3. The van der Waals surface area contributed by atoms with Gasteiger partial charge in [-0.25, -0.2) is 0 Å². The minimum atomic E-state index is -0.305. The number of carbonyl (C=O) groups is 2. The first-order chi connectivity index (χ1) is 10.1. The molecule has 1 N–H and O–H groups in total. The van der Waals surface area contributed by atoms with Crippen molar-refractivity contribution < 1.29 is 14.3 Å². The minimum absolute atomic E-state index is 0.156. The van der Waals surface area contributed by atoms with Gasteiger partial charge in [-0.15, -0.1) is 22.0 Å². The Hall–Kier alpha value is -0.800. The molecule has 0 radical (unpaired) electrons. The molecule has 21 heavy (non-hydrogen) atoms. The van der Waals surface area contributed by atoms with Gasteiger partial charge in [0.1, 0.15) is 0 Å². The van der Waals surface area contributed by atoms with Gasteiger partial charge in [0.25, 0.3) is 0 Å². The molecular formula is C12H19N3O3S3. The summed E-state index contributed by atoms with van der Waals surface area (Å²) in [6.45, 7) is 6.04. The maximum Gasteiger partial charge on any atom is 0.315 e. The molecule has 0 aromatic carbocycles. The Bertz CT molecular complexity index is 468. The second-order valence-corrected chi connectivity index (χ2v) is 7.49. The Morgan fingerprint density at radius 2 is 2.10 bits per heavy atom. The summed E-state index contributed by atoms with van der Waals surface area (Å²) in [4.78, 5) is 23.5. The zero-order valence-electron chi connectivity index (χ0n) is 12.2. The molecule has 1 unspecified atom stereocenters. The minimum Gasteiger partial charge on any atom is -0.465 e. The van der Waals surface area contributed by atoms with E-state index in [2.05, 4.69) is 15.5 Å². The zero-order valence-corrected chi connectivity index (χ0v) is 14.7. The van der Waals surface area contributed by atoms with Crippen molar-refractivity contribution in [3.63, 3.8) is 0 Å². The zero-order chi connectivity index (χ0) is 15.7. The number of thioether (sulfide) groups is 2. The van der Waals surface area contributed by atoms with Crippen molar-refractivity contribution in [1.29, 1.82) is 0 Å². The predicted molar refractivity (Wildman–Crippen MR) is 88.1 cm³/mol. The molecule has 1 amide bonds. The lowest BCUT2D eigenvalue weighted by molar-refractivity contribution is -0.139. The molecule has 0 aliphatic rings. The van der Waals surface area contributed by atoms with E-state index in [1.54, 1.807) is 18.7 Å². The first kappa shape index (κ1) is 18.2. The van der Waals surface area contributed by atoms with Crippen molar-refractivity contribution in [3.8, 4) is 0 Å². The highest BCUT2D eigenvalue weighted by molar-refractivity contribution is 8.01. The highest BCUT2D eigenvalue weighted by Gasteiger charge is 2.20. The normalized spacial score (nSPS) is 12.0. The van der Waals surface area contributed by atoms with Crippen LogP contribution in [0.1, 0.15) is 27.2 Å². The molecule has 9 heteroatoms. The molecule has 118 valence electrons. The number of aromatic nitrogens is 2. The average Bonchev–Trinajstić information content (AvgIpc) is 2.87. The van der Waals surface area contributed by atoms with E-state index in [1.807, 2.05) is 13.8 Å². The van der Waals surface area contributed by atoms with E-state index in [9.17, 15) is 9.59 Å². The summed E-state index contributed by atoms with van der Waals surface area (Å²) in [5.41, 5.74) is 0.